The molecule has 2 N–H and O–H groups in total. The molecule has 28 heavy (non-hydrogen) atoms. The minimum absolute atomic E-state index is 0.0929. The van der Waals surface area contributed by atoms with Gasteiger partial charge in [0.1, 0.15) is 0 Å². The number of halogens is 1. The van der Waals surface area contributed by atoms with E-state index in [0.717, 1.165) is 12.8 Å². The average Bonchev–Trinajstić information content (AvgIpc) is 2.70. The van der Waals surface area contributed by atoms with Gasteiger partial charge >= 0.3 is 5.97 Å². The third-order valence-corrected chi connectivity index (χ3v) is 5.36. The van der Waals surface area contributed by atoms with Crippen molar-refractivity contribution >= 4 is 11.9 Å². The first-order valence-corrected chi connectivity index (χ1v) is 9.94. The molecule has 148 valence electrons. The Labute approximate surface area is 164 Å². The van der Waals surface area contributed by atoms with Crippen LogP contribution in [0.15, 0.2) is 42.5 Å². The van der Waals surface area contributed by atoms with E-state index in [1.54, 1.807) is 30.3 Å². The van der Waals surface area contributed by atoms with Gasteiger partial charge in [0.05, 0.1) is 0 Å². The Hall–Kier alpha value is -2.69. The molecule has 0 unspecified atom stereocenters. The van der Waals surface area contributed by atoms with Crippen LogP contribution in [0.3, 0.4) is 0 Å². The van der Waals surface area contributed by atoms with Crippen molar-refractivity contribution in [2.45, 2.75) is 51.4 Å². The van der Waals surface area contributed by atoms with E-state index in [0.29, 0.717) is 17.0 Å². The van der Waals surface area contributed by atoms with Gasteiger partial charge in [0.2, 0.25) is 5.91 Å². The third-order valence-electron chi connectivity index (χ3n) is 5.36. The highest BCUT2D eigenvalue weighted by atomic mass is 19.1. The molecule has 1 saturated carbocycles. The lowest BCUT2D eigenvalue weighted by molar-refractivity contribution is -0.134. The van der Waals surface area contributed by atoms with Crippen molar-refractivity contribution in [3.05, 3.63) is 53.8 Å². The Kier molecular flexibility index (Phi) is 6.80. The fourth-order valence-corrected chi connectivity index (χ4v) is 3.84. The van der Waals surface area contributed by atoms with Crippen LogP contribution >= 0.6 is 0 Å². The van der Waals surface area contributed by atoms with Crippen molar-refractivity contribution in [1.29, 1.82) is 0 Å². The molecule has 2 aromatic rings. The number of carbonyl (C=O) groups excluding carboxylic acids is 2. The lowest BCUT2D eigenvalue weighted by atomic mass is 9.86. The summed E-state index contributed by atoms with van der Waals surface area (Å²) >= 11 is 0. The van der Waals surface area contributed by atoms with Gasteiger partial charge in [0.15, 0.2) is 11.6 Å². The summed E-state index contributed by atoms with van der Waals surface area (Å²) in [6.07, 6.45) is 8.46. The molecule has 0 bridgehead atoms. The van der Waals surface area contributed by atoms with E-state index < -0.39 is 17.7 Å². The molecular weight excluding hydrogens is 357 g/mol. The number of hydrogen-bond donors (Lipinski definition) is 1. The quantitative estimate of drug-likeness (QED) is 0.524. The maximum Gasteiger partial charge on any atom is 0.311 e. The molecule has 0 atom stereocenters. The molecule has 0 spiro atoms. The Balaban J connectivity index is 1.63. The maximum absolute atomic E-state index is 14.9. The summed E-state index contributed by atoms with van der Waals surface area (Å²) in [5.41, 5.74) is 6.35. The first-order valence-electron chi connectivity index (χ1n) is 9.94. The Morgan fingerprint density at radius 1 is 1.07 bits per heavy atom. The molecule has 0 heterocycles. The highest BCUT2D eigenvalue weighted by molar-refractivity contribution is 5.94. The number of primary amides is 1. The summed E-state index contributed by atoms with van der Waals surface area (Å²) in [4.78, 5) is 23.5. The smallest absolute Gasteiger partial charge is 0.311 e. The molecule has 0 saturated heterocycles. The first kappa shape index (κ1) is 20.1. The van der Waals surface area contributed by atoms with Crippen molar-refractivity contribution in [2.24, 2.45) is 11.7 Å². The molecule has 1 amide bonds. The van der Waals surface area contributed by atoms with Gasteiger partial charge in [-0.3, -0.25) is 9.59 Å². The van der Waals surface area contributed by atoms with Crippen LogP contribution in [-0.4, -0.2) is 11.9 Å². The van der Waals surface area contributed by atoms with E-state index in [2.05, 4.69) is 0 Å². The van der Waals surface area contributed by atoms with Crippen molar-refractivity contribution in [2.75, 3.05) is 0 Å². The summed E-state index contributed by atoms with van der Waals surface area (Å²) in [5.74, 6) is -1.01. The Morgan fingerprint density at radius 3 is 2.57 bits per heavy atom. The molecule has 0 radical (unpaired) electrons. The average molecular weight is 383 g/mol. The van der Waals surface area contributed by atoms with Crippen LogP contribution in [0.5, 0.6) is 5.75 Å². The highest BCUT2D eigenvalue weighted by Gasteiger charge is 2.17. The zero-order chi connectivity index (χ0) is 19.9. The Morgan fingerprint density at radius 2 is 1.82 bits per heavy atom. The summed E-state index contributed by atoms with van der Waals surface area (Å²) in [5, 5.41) is 0. The number of ether oxygens (including phenoxy) is 1. The van der Waals surface area contributed by atoms with E-state index in [1.807, 2.05) is 0 Å². The summed E-state index contributed by atoms with van der Waals surface area (Å²) in [6, 6.07) is 11.1. The van der Waals surface area contributed by atoms with E-state index in [-0.39, 0.29) is 17.7 Å². The summed E-state index contributed by atoms with van der Waals surface area (Å²) in [7, 11) is 0. The van der Waals surface area contributed by atoms with E-state index in [4.69, 9.17) is 10.5 Å². The number of hydrogen-bond acceptors (Lipinski definition) is 3. The zero-order valence-electron chi connectivity index (χ0n) is 16.0. The van der Waals surface area contributed by atoms with Gasteiger partial charge in [-0.15, -0.1) is 0 Å². The number of rotatable bonds is 7. The molecule has 2 aromatic carbocycles. The predicted molar refractivity (Wildman–Crippen MR) is 106 cm³/mol. The second-order valence-corrected chi connectivity index (χ2v) is 7.43. The van der Waals surface area contributed by atoms with Crippen LogP contribution in [0, 0.1) is 11.7 Å². The van der Waals surface area contributed by atoms with Crippen LogP contribution in [0.25, 0.3) is 11.1 Å². The first-order chi connectivity index (χ1) is 13.5. The zero-order valence-corrected chi connectivity index (χ0v) is 16.0. The van der Waals surface area contributed by atoms with Crippen molar-refractivity contribution in [3.63, 3.8) is 0 Å². The lowest BCUT2D eigenvalue weighted by Crippen LogP contribution is -2.11. The molecule has 4 nitrogen and oxygen atoms in total. The maximum atomic E-state index is 14.9. The van der Waals surface area contributed by atoms with Gasteiger partial charge < -0.3 is 10.5 Å². The topological polar surface area (TPSA) is 69.4 Å². The fourth-order valence-electron chi connectivity index (χ4n) is 3.84. The van der Waals surface area contributed by atoms with Crippen LogP contribution in [0.4, 0.5) is 4.39 Å². The summed E-state index contributed by atoms with van der Waals surface area (Å²) < 4.78 is 20.1. The number of esters is 1. The standard InChI is InChI=1S/C23H26FNO3/c24-22-19(17-10-5-11-18(15-17)23(25)27)12-6-13-20(22)28-21(26)14-4-9-16-7-2-1-3-8-16/h5-6,10-13,15-16H,1-4,7-9,14H2,(H2,25,27). The molecule has 5 heteroatoms. The Bertz CT molecular complexity index is 843. The molecule has 1 aliphatic carbocycles. The van der Waals surface area contributed by atoms with Gasteiger partial charge in [0.25, 0.3) is 0 Å². The SMILES string of the molecule is NC(=O)c1cccc(-c2cccc(OC(=O)CCCC3CCCCC3)c2F)c1. The van der Waals surface area contributed by atoms with E-state index >= 15 is 0 Å². The molecule has 1 aliphatic rings. The normalized spacial score (nSPS) is 14.6. The number of amides is 1. The minimum Gasteiger partial charge on any atom is -0.423 e. The van der Waals surface area contributed by atoms with Crippen molar-refractivity contribution in [1.82, 2.24) is 0 Å². The van der Waals surface area contributed by atoms with Crippen LogP contribution in [-0.2, 0) is 4.79 Å². The van der Waals surface area contributed by atoms with Crippen molar-refractivity contribution in [3.8, 4) is 16.9 Å². The predicted octanol–water partition coefficient (Wildman–Crippen LogP) is 5.25. The third kappa shape index (κ3) is 5.18. The van der Waals surface area contributed by atoms with Gasteiger partial charge in [-0.05, 0) is 42.5 Å². The van der Waals surface area contributed by atoms with Gasteiger partial charge in [0, 0.05) is 17.5 Å². The lowest BCUT2D eigenvalue weighted by Gasteiger charge is -2.21. The second kappa shape index (κ2) is 9.49. The molecule has 0 aliphatic heterocycles. The largest absolute Gasteiger partial charge is 0.423 e. The number of carbonyl (C=O) groups is 2. The minimum atomic E-state index is -0.621. The summed E-state index contributed by atoms with van der Waals surface area (Å²) in [6.45, 7) is 0. The van der Waals surface area contributed by atoms with Gasteiger partial charge in [-0.2, -0.15) is 0 Å². The molecule has 3 rings (SSSR count). The molecule has 1 fully saturated rings. The molecule has 0 aromatic heterocycles. The van der Waals surface area contributed by atoms with E-state index in [1.165, 1.54) is 44.2 Å². The molecular formula is C23H26FNO3. The van der Waals surface area contributed by atoms with Crippen LogP contribution < -0.4 is 10.5 Å². The van der Waals surface area contributed by atoms with Gasteiger partial charge in [-0.25, -0.2) is 4.39 Å². The van der Waals surface area contributed by atoms with E-state index in [9.17, 15) is 14.0 Å². The van der Waals surface area contributed by atoms with Crippen molar-refractivity contribution < 1.29 is 18.7 Å². The van der Waals surface area contributed by atoms with Crippen LogP contribution in [0.1, 0.15) is 61.7 Å². The van der Waals surface area contributed by atoms with Gasteiger partial charge in [-0.1, -0.05) is 56.4 Å². The highest BCUT2D eigenvalue weighted by Crippen LogP contribution is 2.31. The van der Waals surface area contributed by atoms with Crippen LogP contribution in [0.2, 0.25) is 0 Å². The number of benzene rings is 2. The fraction of sp³-hybridized carbons (Fsp3) is 0.391. The second-order valence-electron chi connectivity index (χ2n) is 7.43. The monoisotopic (exact) mass is 383 g/mol. The number of nitrogens with two attached hydrogens (primary N) is 1.